The van der Waals surface area contributed by atoms with Gasteiger partial charge >= 0.3 is 5.97 Å². The molecule has 0 bridgehead atoms. The molecule has 7 heteroatoms. The molecule has 2 rings (SSSR count). The van der Waals surface area contributed by atoms with Crippen molar-refractivity contribution in [1.82, 2.24) is 0 Å². The molecule has 0 saturated heterocycles. The van der Waals surface area contributed by atoms with Crippen molar-refractivity contribution in [2.45, 2.75) is 6.42 Å². The van der Waals surface area contributed by atoms with E-state index in [4.69, 9.17) is 37.4 Å². The van der Waals surface area contributed by atoms with Crippen LogP contribution >= 0.6 is 23.2 Å². The Bertz CT molecular complexity index is 789. The van der Waals surface area contributed by atoms with Crippen molar-refractivity contribution in [3.8, 4) is 11.5 Å². The summed E-state index contributed by atoms with van der Waals surface area (Å²) in [5, 5.41) is 0.760. The van der Waals surface area contributed by atoms with E-state index >= 15 is 0 Å². The van der Waals surface area contributed by atoms with E-state index in [1.165, 1.54) is 20.3 Å². The second-order valence-corrected chi connectivity index (χ2v) is 5.89. The van der Waals surface area contributed by atoms with E-state index in [1.54, 1.807) is 30.3 Å². The third-order valence-corrected chi connectivity index (χ3v) is 4.14. The van der Waals surface area contributed by atoms with E-state index < -0.39 is 5.97 Å². The number of carbonyl (C=O) groups is 2. The highest BCUT2D eigenvalue weighted by Gasteiger charge is 2.14. The Morgan fingerprint density at radius 1 is 0.920 bits per heavy atom. The fourth-order valence-electron chi connectivity index (χ4n) is 2.11. The predicted molar refractivity (Wildman–Crippen MR) is 95.0 cm³/mol. The fourth-order valence-corrected chi connectivity index (χ4v) is 2.43. The number of Topliss-reactive ketones (excluding diaryl/α,β-unsaturated/α-hetero) is 1. The van der Waals surface area contributed by atoms with Crippen LogP contribution in [0.5, 0.6) is 11.5 Å². The van der Waals surface area contributed by atoms with Crippen LogP contribution in [0.4, 0.5) is 0 Å². The lowest BCUT2D eigenvalue weighted by atomic mass is 10.1. The number of rotatable bonds is 7. The zero-order chi connectivity index (χ0) is 18.4. The molecule has 0 saturated carbocycles. The molecule has 0 atom stereocenters. The Labute approximate surface area is 155 Å². The van der Waals surface area contributed by atoms with Gasteiger partial charge in [-0.1, -0.05) is 29.3 Å². The predicted octanol–water partition coefficient (Wildman–Crippen LogP) is 3.98. The van der Waals surface area contributed by atoms with Crippen molar-refractivity contribution in [2.75, 3.05) is 20.8 Å². The van der Waals surface area contributed by atoms with Gasteiger partial charge in [0.15, 0.2) is 23.9 Å². The smallest absolute Gasteiger partial charge is 0.310 e. The summed E-state index contributed by atoms with van der Waals surface area (Å²) in [6.07, 6.45) is -0.00387. The van der Waals surface area contributed by atoms with Gasteiger partial charge in [0.05, 0.1) is 30.7 Å². The molecule has 0 amide bonds. The number of hydrogen-bond donors (Lipinski definition) is 0. The van der Waals surface area contributed by atoms with Crippen LogP contribution in [0.25, 0.3) is 0 Å². The summed E-state index contributed by atoms with van der Waals surface area (Å²) in [5.41, 5.74) is 1.01. The molecule has 0 aliphatic carbocycles. The van der Waals surface area contributed by atoms with Crippen molar-refractivity contribution in [1.29, 1.82) is 0 Å². The highest BCUT2D eigenvalue weighted by molar-refractivity contribution is 6.42. The number of ether oxygens (including phenoxy) is 3. The number of esters is 1. The van der Waals surface area contributed by atoms with E-state index in [9.17, 15) is 9.59 Å². The second kappa shape index (κ2) is 8.74. The number of halogens is 2. The van der Waals surface area contributed by atoms with Crippen LogP contribution in [0.15, 0.2) is 36.4 Å². The molecule has 0 unspecified atom stereocenters. The molecule has 2 aromatic carbocycles. The number of carbonyl (C=O) groups excluding carboxylic acids is 2. The molecule has 2 aromatic rings. The van der Waals surface area contributed by atoms with Gasteiger partial charge < -0.3 is 14.2 Å². The maximum Gasteiger partial charge on any atom is 0.310 e. The highest BCUT2D eigenvalue weighted by Crippen LogP contribution is 2.27. The molecule has 0 spiro atoms. The van der Waals surface area contributed by atoms with Gasteiger partial charge in [-0.3, -0.25) is 9.59 Å². The largest absolute Gasteiger partial charge is 0.493 e. The summed E-state index contributed by atoms with van der Waals surface area (Å²) in [5.74, 6) is 0.0572. The number of hydrogen-bond acceptors (Lipinski definition) is 5. The van der Waals surface area contributed by atoms with Crippen molar-refractivity contribution in [3.05, 3.63) is 57.6 Å². The van der Waals surface area contributed by atoms with E-state index in [0.29, 0.717) is 32.7 Å². The average molecular weight is 383 g/mol. The molecular formula is C18H16Cl2O5. The first kappa shape index (κ1) is 19.1. The number of ketones is 1. The first-order valence-electron chi connectivity index (χ1n) is 7.29. The second-order valence-electron chi connectivity index (χ2n) is 5.08. The van der Waals surface area contributed by atoms with Gasteiger partial charge in [0.25, 0.3) is 0 Å². The van der Waals surface area contributed by atoms with Gasteiger partial charge in [0.1, 0.15) is 0 Å². The van der Waals surface area contributed by atoms with Crippen molar-refractivity contribution in [3.63, 3.8) is 0 Å². The maximum absolute atomic E-state index is 12.2. The minimum atomic E-state index is -0.535. The molecule has 0 aliphatic heterocycles. The molecule has 0 aliphatic rings. The third kappa shape index (κ3) is 5.11. The van der Waals surface area contributed by atoms with Crippen molar-refractivity contribution < 1.29 is 23.8 Å². The normalized spacial score (nSPS) is 10.2. The van der Waals surface area contributed by atoms with E-state index in [2.05, 4.69) is 0 Å². The Hall–Kier alpha value is -2.24. The lowest BCUT2D eigenvalue weighted by Crippen LogP contribution is -2.15. The molecule has 0 radical (unpaired) electrons. The first-order valence-corrected chi connectivity index (χ1v) is 8.05. The summed E-state index contributed by atoms with van der Waals surface area (Å²) in [6, 6.07) is 9.59. The topological polar surface area (TPSA) is 61.8 Å². The Morgan fingerprint density at radius 2 is 1.64 bits per heavy atom. The van der Waals surface area contributed by atoms with Gasteiger partial charge in [-0.05, 0) is 35.9 Å². The summed E-state index contributed by atoms with van der Waals surface area (Å²) in [6.45, 7) is -0.365. The van der Waals surface area contributed by atoms with Gasteiger partial charge in [-0.25, -0.2) is 0 Å². The SMILES string of the molecule is COc1ccc(C(=O)COC(=O)Cc2ccc(Cl)c(Cl)c2)cc1OC. The molecule has 0 N–H and O–H groups in total. The molecule has 0 aromatic heterocycles. The monoisotopic (exact) mass is 382 g/mol. The number of methoxy groups -OCH3 is 2. The quantitative estimate of drug-likeness (QED) is 0.535. The van der Waals surface area contributed by atoms with Gasteiger partial charge in [0.2, 0.25) is 0 Å². The molecule has 132 valence electrons. The Morgan fingerprint density at radius 3 is 2.28 bits per heavy atom. The van der Waals surface area contributed by atoms with Gasteiger partial charge in [0, 0.05) is 5.56 Å². The molecule has 0 fully saturated rings. The van der Waals surface area contributed by atoms with E-state index in [-0.39, 0.29) is 18.8 Å². The zero-order valence-electron chi connectivity index (χ0n) is 13.7. The average Bonchev–Trinajstić information content (AvgIpc) is 2.62. The van der Waals surface area contributed by atoms with Crippen LogP contribution in [0.2, 0.25) is 10.0 Å². The van der Waals surface area contributed by atoms with Gasteiger partial charge in [-0.2, -0.15) is 0 Å². The van der Waals surface area contributed by atoms with Crippen LogP contribution in [-0.4, -0.2) is 32.6 Å². The zero-order valence-corrected chi connectivity index (χ0v) is 15.2. The molecular weight excluding hydrogens is 367 g/mol. The summed E-state index contributed by atoms with van der Waals surface area (Å²) in [4.78, 5) is 24.0. The minimum Gasteiger partial charge on any atom is -0.493 e. The maximum atomic E-state index is 12.2. The highest BCUT2D eigenvalue weighted by atomic mass is 35.5. The van der Waals surface area contributed by atoms with Crippen molar-refractivity contribution >= 4 is 35.0 Å². The Balaban J connectivity index is 1.94. The summed E-state index contributed by atoms with van der Waals surface area (Å²) >= 11 is 11.7. The standard InChI is InChI=1S/C18H16Cl2O5/c1-23-16-6-4-12(9-17(16)24-2)15(21)10-25-18(22)8-11-3-5-13(19)14(20)7-11/h3-7,9H,8,10H2,1-2H3. The summed E-state index contributed by atoms with van der Waals surface area (Å²) < 4.78 is 15.3. The minimum absolute atomic E-state index is 0.00387. The molecule has 5 nitrogen and oxygen atoms in total. The first-order chi connectivity index (χ1) is 11.9. The Kier molecular flexibility index (Phi) is 6.67. The van der Waals surface area contributed by atoms with Crippen molar-refractivity contribution in [2.24, 2.45) is 0 Å². The number of benzene rings is 2. The van der Waals surface area contributed by atoms with Crippen LogP contribution in [-0.2, 0) is 16.0 Å². The van der Waals surface area contributed by atoms with Gasteiger partial charge in [-0.15, -0.1) is 0 Å². The molecule has 25 heavy (non-hydrogen) atoms. The lowest BCUT2D eigenvalue weighted by Gasteiger charge is -2.09. The summed E-state index contributed by atoms with van der Waals surface area (Å²) in [7, 11) is 2.98. The van der Waals surface area contributed by atoms with Crippen LogP contribution in [0.1, 0.15) is 15.9 Å². The van der Waals surface area contributed by atoms with E-state index in [1.807, 2.05) is 0 Å². The lowest BCUT2D eigenvalue weighted by molar-refractivity contribution is -0.141. The van der Waals surface area contributed by atoms with Crippen LogP contribution < -0.4 is 9.47 Å². The van der Waals surface area contributed by atoms with Crippen LogP contribution in [0.3, 0.4) is 0 Å². The van der Waals surface area contributed by atoms with E-state index in [0.717, 1.165) is 0 Å². The third-order valence-electron chi connectivity index (χ3n) is 3.40. The molecule has 0 heterocycles. The fraction of sp³-hybridized carbons (Fsp3) is 0.222. The van der Waals surface area contributed by atoms with Crippen LogP contribution in [0, 0.1) is 0 Å².